The normalized spacial score (nSPS) is 14.7. The molecule has 0 atom stereocenters. The van der Waals surface area contributed by atoms with Gasteiger partial charge in [-0.3, -0.25) is 9.78 Å². The summed E-state index contributed by atoms with van der Waals surface area (Å²) in [6.45, 7) is 1.97. The Labute approximate surface area is 153 Å². The molecule has 0 saturated carbocycles. The van der Waals surface area contributed by atoms with Crippen LogP contribution in [0.3, 0.4) is 0 Å². The maximum atomic E-state index is 13.3. The molecular formula is C18H18F4N4O. The number of carbonyl (C=O) groups excluding carboxylic acids is 1. The molecule has 27 heavy (non-hydrogen) atoms. The Morgan fingerprint density at radius 2 is 2.04 bits per heavy atom. The average molecular weight is 382 g/mol. The summed E-state index contributed by atoms with van der Waals surface area (Å²) in [7, 11) is 0. The molecule has 1 aliphatic heterocycles. The molecule has 0 bridgehead atoms. The molecule has 0 spiro atoms. The summed E-state index contributed by atoms with van der Waals surface area (Å²) >= 11 is 0. The number of amides is 1. The molecule has 5 nitrogen and oxygen atoms in total. The third kappa shape index (κ3) is 3.96. The fraction of sp³-hybridized carbons (Fsp3) is 0.333. The molecule has 0 unspecified atom stereocenters. The monoisotopic (exact) mass is 382 g/mol. The molecule has 0 fully saturated rings. The van der Waals surface area contributed by atoms with E-state index in [0.717, 1.165) is 22.3 Å². The summed E-state index contributed by atoms with van der Waals surface area (Å²) in [5.74, 6) is -2.49. The fourth-order valence-electron chi connectivity index (χ4n) is 3.12. The minimum absolute atomic E-state index is 0.0480. The van der Waals surface area contributed by atoms with Gasteiger partial charge in [0.15, 0.2) is 5.82 Å². The van der Waals surface area contributed by atoms with Crippen molar-refractivity contribution >= 4 is 17.3 Å². The number of aryl methyl sites for hydroxylation is 1. The number of fused-ring (bicyclic) bond motifs is 1. The van der Waals surface area contributed by atoms with Gasteiger partial charge < -0.3 is 15.5 Å². The average Bonchev–Trinajstić information content (AvgIpc) is 2.78. The van der Waals surface area contributed by atoms with E-state index in [4.69, 9.17) is 5.73 Å². The fourth-order valence-corrected chi connectivity index (χ4v) is 3.12. The number of carbonyl (C=O) groups is 1. The summed E-state index contributed by atoms with van der Waals surface area (Å²) in [6, 6.07) is 6.77. The van der Waals surface area contributed by atoms with E-state index in [0.29, 0.717) is 11.3 Å². The lowest BCUT2D eigenvalue weighted by molar-refractivity contribution is -0.185. The molecule has 1 aliphatic rings. The maximum Gasteiger partial charge on any atom is 0.471 e. The van der Waals surface area contributed by atoms with Crippen molar-refractivity contribution in [3.8, 4) is 0 Å². The predicted octanol–water partition coefficient (Wildman–Crippen LogP) is 3.02. The third-order valence-electron chi connectivity index (χ3n) is 4.54. The molecule has 2 heterocycles. The maximum absolute atomic E-state index is 13.3. The highest BCUT2D eigenvalue weighted by Crippen LogP contribution is 2.31. The van der Waals surface area contributed by atoms with Gasteiger partial charge in [-0.2, -0.15) is 13.2 Å². The minimum atomic E-state index is -4.93. The molecule has 1 aromatic carbocycles. The number of hydrogen-bond acceptors (Lipinski definition) is 4. The molecule has 1 aromatic heterocycles. The van der Waals surface area contributed by atoms with Crippen LogP contribution in [0.4, 0.5) is 28.9 Å². The van der Waals surface area contributed by atoms with E-state index >= 15 is 0 Å². The van der Waals surface area contributed by atoms with Crippen LogP contribution in [-0.2, 0) is 17.9 Å². The Balaban J connectivity index is 1.94. The van der Waals surface area contributed by atoms with Gasteiger partial charge in [0.05, 0.1) is 24.1 Å². The molecule has 3 rings (SSSR count). The first-order chi connectivity index (χ1) is 12.7. The number of hydrogen-bond donors (Lipinski definition) is 1. The van der Waals surface area contributed by atoms with E-state index in [1.807, 2.05) is 4.90 Å². The Morgan fingerprint density at radius 1 is 1.30 bits per heavy atom. The Morgan fingerprint density at radius 3 is 2.70 bits per heavy atom. The first-order valence-electron chi connectivity index (χ1n) is 8.26. The second-order valence-electron chi connectivity index (χ2n) is 6.42. The van der Waals surface area contributed by atoms with Crippen LogP contribution >= 0.6 is 0 Å². The van der Waals surface area contributed by atoms with Crippen molar-refractivity contribution in [1.82, 2.24) is 9.88 Å². The smallest absolute Gasteiger partial charge is 0.396 e. The van der Waals surface area contributed by atoms with Gasteiger partial charge in [-0.05, 0) is 30.2 Å². The molecular weight excluding hydrogens is 364 g/mol. The van der Waals surface area contributed by atoms with Gasteiger partial charge >= 0.3 is 12.1 Å². The number of nitrogen functional groups attached to an aromatic ring is 1. The highest BCUT2D eigenvalue weighted by molar-refractivity contribution is 5.82. The van der Waals surface area contributed by atoms with E-state index in [9.17, 15) is 22.4 Å². The van der Waals surface area contributed by atoms with Crippen molar-refractivity contribution in [2.75, 3.05) is 23.7 Å². The van der Waals surface area contributed by atoms with E-state index in [-0.39, 0.29) is 31.9 Å². The summed E-state index contributed by atoms with van der Waals surface area (Å²) in [4.78, 5) is 18.4. The minimum Gasteiger partial charge on any atom is -0.396 e. The number of nitrogens with two attached hydrogens (primary N) is 1. The summed E-state index contributed by atoms with van der Waals surface area (Å²) in [5.41, 5.74) is 8.15. The van der Waals surface area contributed by atoms with Crippen LogP contribution in [0.15, 0.2) is 30.5 Å². The standard InChI is InChI=1S/C18H18F4N4O/c1-11-3-2-4-16-13(11)10-26(17(27)18(20,21)22)6-5-25(16)9-12-7-15(23)14(19)8-24-12/h2-4,7-8H,5-6,9-10H2,1H3,(H2,23,24). The van der Waals surface area contributed by atoms with Crippen molar-refractivity contribution in [2.45, 2.75) is 26.2 Å². The second kappa shape index (κ2) is 7.05. The lowest BCUT2D eigenvalue weighted by atomic mass is 10.1. The van der Waals surface area contributed by atoms with Crippen LogP contribution in [0.25, 0.3) is 0 Å². The van der Waals surface area contributed by atoms with E-state index in [1.54, 1.807) is 25.1 Å². The first kappa shape index (κ1) is 18.9. The largest absolute Gasteiger partial charge is 0.471 e. The van der Waals surface area contributed by atoms with E-state index in [1.165, 1.54) is 6.07 Å². The molecule has 0 radical (unpaired) electrons. The number of nitrogens with zero attached hydrogens (tertiary/aromatic N) is 3. The van der Waals surface area contributed by atoms with Gasteiger partial charge in [-0.15, -0.1) is 0 Å². The zero-order chi connectivity index (χ0) is 19.8. The van der Waals surface area contributed by atoms with Gasteiger partial charge in [0, 0.05) is 25.3 Å². The second-order valence-corrected chi connectivity index (χ2v) is 6.42. The SMILES string of the molecule is Cc1cccc2c1CN(C(=O)C(F)(F)F)CCN2Cc1cc(N)c(F)cn1. The van der Waals surface area contributed by atoms with Gasteiger partial charge in [-0.25, -0.2) is 4.39 Å². The Hall–Kier alpha value is -2.84. The number of halogens is 4. The van der Waals surface area contributed by atoms with Crippen molar-refractivity contribution in [3.63, 3.8) is 0 Å². The first-order valence-corrected chi connectivity index (χ1v) is 8.26. The van der Waals surface area contributed by atoms with Crippen LogP contribution in [0.2, 0.25) is 0 Å². The lowest BCUT2D eigenvalue weighted by Crippen LogP contribution is -2.42. The molecule has 2 aromatic rings. The summed E-state index contributed by atoms with van der Waals surface area (Å²) < 4.78 is 52.0. The number of rotatable bonds is 2. The molecule has 0 aliphatic carbocycles. The molecule has 144 valence electrons. The quantitative estimate of drug-likeness (QED) is 0.811. The van der Waals surface area contributed by atoms with Crippen molar-refractivity contribution in [2.24, 2.45) is 0 Å². The number of alkyl halides is 3. The lowest BCUT2D eigenvalue weighted by Gasteiger charge is -2.25. The molecule has 0 saturated heterocycles. The van der Waals surface area contributed by atoms with Crippen molar-refractivity contribution < 1.29 is 22.4 Å². The van der Waals surface area contributed by atoms with Gasteiger partial charge in [0.25, 0.3) is 0 Å². The van der Waals surface area contributed by atoms with Crippen LogP contribution in [0, 0.1) is 12.7 Å². The zero-order valence-corrected chi connectivity index (χ0v) is 14.6. The predicted molar refractivity (Wildman–Crippen MR) is 92.3 cm³/mol. The van der Waals surface area contributed by atoms with Crippen LogP contribution in [0.1, 0.15) is 16.8 Å². The Bertz CT molecular complexity index is 869. The van der Waals surface area contributed by atoms with Gasteiger partial charge in [0.1, 0.15) is 0 Å². The third-order valence-corrected chi connectivity index (χ3v) is 4.54. The van der Waals surface area contributed by atoms with E-state index < -0.39 is 17.9 Å². The molecule has 2 N–H and O–H groups in total. The van der Waals surface area contributed by atoms with Gasteiger partial charge in [0.2, 0.25) is 0 Å². The molecule has 9 heteroatoms. The zero-order valence-electron chi connectivity index (χ0n) is 14.6. The van der Waals surface area contributed by atoms with Crippen molar-refractivity contribution in [1.29, 1.82) is 0 Å². The summed E-state index contributed by atoms with van der Waals surface area (Å²) in [5, 5.41) is 0. The van der Waals surface area contributed by atoms with Crippen LogP contribution in [0.5, 0.6) is 0 Å². The topological polar surface area (TPSA) is 62.5 Å². The van der Waals surface area contributed by atoms with Crippen LogP contribution in [-0.4, -0.2) is 35.1 Å². The number of benzene rings is 1. The van der Waals surface area contributed by atoms with Gasteiger partial charge in [-0.1, -0.05) is 12.1 Å². The Kier molecular flexibility index (Phi) is 4.95. The van der Waals surface area contributed by atoms with Crippen LogP contribution < -0.4 is 10.6 Å². The van der Waals surface area contributed by atoms with Crippen molar-refractivity contribution in [3.05, 3.63) is 53.1 Å². The number of aromatic nitrogens is 1. The summed E-state index contributed by atoms with van der Waals surface area (Å²) in [6.07, 6.45) is -3.91. The molecule has 1 amide bonds. The highest BCUT2D eigenvalue weighted by Gasteiger charge is 2.43. The highest BCUT2D eigenvalue weighted by atomic mass is 19.4. The van der Waals surface area contributed by atoms with E-state index in [2.05, 4.69) is 4.98 Å². The number of pyridine rings is 1. The number of anilines is 2.